The molecule has 0 radical (unpaired) electrons. The monoisotopic (exact) mass is 128 g/mol. The van der Waals surface area contributed by atoms with Crippen LogP contribution in [0.5, 0.6) is 0 Å². The Balaban J connectivity index is 4.10. The molecule has 0 N–H and O–H groups in total. The quantitative estimate of drug-likeness (QED) is 0.519. The Morgan fingerprint density at radius 1 is 1.22 bits per heavy atom. The van der Waals surface area contributed by atoms with Crippen LogP contribution in [-0.4, -0.2) is 7.11 Å². The molecule has 0 spiro atoms. The smallest absolute Gasteiger partial charge is 0.0916 e. The standard InChI is InChI=1S/C8H16O/c1-6(2)7(3)8(4)9-5/h6H,1-5H3/b8-7-. The van der Waals surface area contributed by atoms with Crippen LogP contribution in [0.2, 0.25) is 0 Å². The van der Waals surface area contributed by atoms with Gasteiger partial charge in [-0.3, -0.25) is 0 Å². The summed E-state index contributed by atoms with van der Waals surface area (Å²) in [6.07, 6.45) is 0. The zero-order valence-electron chi connectivity index (χ0n) is 6.99. The van der Waals surface area contributed by atoms with E-state index in [0.717, 1.165) is 5.76 Å². The zero-order chi connectivity index (χ0) is 7.44. The molecule has 0 unspecified atom stereocenters. The van der Waals surface area contributed by atoms with Crippen molar-refractivity contribution in [3.63, 3.8) is 0 Å². The Labute approximate surface area is 57.7 Å². The molecule has 0 aliphatic carbocycles. The van der Waals surface area contributed by atoms with E-state index in [0.29, 0.717) is 5.92 Å². The second-order valence-electron chi connectivity index (χ2n) is 2.60. The molecule has 1 heteroatoms. The summed E-state index contributed by atoms with van der Waals surface area (Å²) >= 11 is 0. The van der Waals surface area contributed by atoms with Crippen molar-refractivity contribution in [1.82, 2.24) is 0 Å². The highest BCUT2D eigenvalue weighted by molar-refractivity contribution is 5.05. The van der Waals surface area contributed by atoms with Gasteiger partial charge in [-0.2, -0.15) is 0 Å². The van der Waals surface area contributed by atoms with Gasteiger partial charge in [0, 0.05) is 0 Å². The highest BCUT2D eigenvalue weighted by atomic mass is 16.5. The van der Waals surface area contributed by atoms with Crippen molar-refractivity contribution in [3.05, 3.63) is 11.3 Å². The summed E-state index contributed by atoms with van der Waals surface area (Å²) in [5.74, 6) is 1.65. The fourth-order valence-electron chi connectivity index (χ4n) is 0.568. The van der Waals surface area contributed by atoms with Crippen LogP contribution in [0, 0.1) is 5.92 Å². The number of rotatable bonds is 2. The van der Waals surface area contributed by atoms with E-state index in [9.17, 15) is 0 Å². The maximum atomic E-state index is 5.05. The molecule has 0 atom stereocenters. The summed E-state index contributed by atoms with van der Waals surface area (Å²) in [7, 11) is 1.71. The van der Waals surface area contributed by atoms with Crippen molar-refractivity contribution in [2.75, 3.05) is 7.11 Å². The van der Waals surface area contributed by atoms with Gasteiger partial charge in [-0.15, -0.1) is 0 Å². The fraction of sp³-hybridized carbons (Fsp3) is 0.750. The molecule has 0 aromatic heterocycles. The van der Waals surface area contributed by atoms with E-state index in [1.165, 1.54) is 5.57 Å². The SMILES string of the molecule is CO/C(C)=C(/C)C(C)C. The van der Waals surface area contributed by atoms with Gasteiger partial charge in [0.15, 0.2) is 0 Å². The first-order valence-corrected chi connectivity index (χ1v) is 3.31. The van der Waals surface area contributed by atoms with Gasteiger partial charge in [0.2, 0.25) is 0 Å². The molecule has 0 saturated heterocycles. The Morgan fingerprint density at radius 3 is 1.78 bits per heavy atom. The highest BCUT2D eigenvalue weighted by Crippen LogP contribution is 2.13. The highest BCUT2D eigenvalue weighted by Gasteiger charge is 1.99. The number of ether oxygens (including phenoxy) is 1. The van der Waals surface area contributed by atoms with E-state index in [1.54, 1.807) is 7.11 Å². The lowest BCUT2D eigenvalue weighted by molar-refractivity contribution is 0.285. The maximum Gasteiger partial charge on any atom is 0.0916 e. The van der Waals surface area contributed by atoms with E-state index in [-0.39, 0.29) is 0 Å². The van der Waals surface area contributed by atoms with Crippen LogP contribution >= 0.6 is 0 Å². The predicted octanol–water partition coefficient (Wildman–Crippen LogP) is 2.58. The molecule has 0 aliphatic rings. The minimum absolute atomic E-state index is 0.602. The van der Waals surface area contributed by atoms with E-state index >= 15 is 0 Å². The zero-order valence-corrected chi connectivity index (χ0v) is 6.99. The van der Waals surface area contributed by atoms with Crippen LogP contribution in [0.3, 0.4) is 0 Å². The van der Waals surface area contributed by atoms with E-state index in [4.69, 9.17) is 4.74 Å². The third kappa shape index (κ3) is 2.54. The summed E-state index contributed by atoms with van der Waals surface area (Å²) in [6, 6.07) is 0. The van der Waals surface area contributed by atoms with Gasteiger partial charge < -0.3 is 4.74 Å². The molecular formula is C8H16O. The van der Waals surface area contributed by atoms with Gasteiger partial charge in [-0.1, -0.05) is 13.8 Å². The molecule has 0 aliphatic heterocycles. The molecule has 0 heterocycles. The molecule has 0 aromatic carbocycles. The molecule has 0 aromatic rings. The van der Waals surface area contributed by atoms with Gasteiger partial charge in [0.05, 0.1) is 12.9 Å². The van der Waals surface area contributed by atoms with Crippen molar-refractivity contribution >= 4 is 0 Å². The van der Waals surface area contributed by atoms with Crippen molar-refractivity contribution in [2.45, 2.75) is 27.7 Å². The predicted molar refractivity (Wildman–Crippen MR) is 40.2 cm³/mol. The first kappa shape index (κ1) is 8.54. The number of allylic oxidation sites excluding steroid dienone is 2. The van der Waals surface area contributed by atoms with Crippen LogP contribution in [0.1, 0.15) is 27.7 Å². The van der Waals surface area contributed by atoms with E-state index < -0.39 is 0 Å². The first-order chi connectivity index (χ1) is 4.09. The van der Waals surface area contributed by atoms with E-state index in [2.05, 4.69) is 20.8 Å². The summed E-state index contributed by atoms with van der Waals surface area (Å²) < 4.78 is 5.05. The molecule has 1 nitrogen and oxygen atoms in total. The average Bonchev–Trinajstić information content (AvgIpc) is 1.84. The first-order valence-electron chi connectivity index (χ1n) is 3.31. The van der Waals surface area contributed by atoms with Crippen LogP contribution in [0.4, 0.5) is 0 Å². The normalized spacial score (nSPS) is 13.6. The van der Waals surface area contributed by atoms with Gasteiger partial charge in [0.25, 0.3) is 0 Å². The molecule has 0 rings (SSSR count). The largest absolute Gasteiger partial charge is 0.501 e. The van der Waals surface area contributed by atoms with Gasteiger partial charge in [-0.05, 0) is 25.3 Å². The Morgan fingerprint density at radius 2 is 1.67 bits per heavy atom. The van der Waals surface area contributed by atoms with Crippen molar-refractivity contribution in [3.8, 4) is 0 Å². The lowest BCUT2D eigenvalue weighted by Gasteiger charge is -2.08. The summed E-state index contributed by atoms with van der Waals surface area (Å²) in [5, 5.41) is 0. The maximum absolute atomic E-state index is 5.05. The molecule has 0 bridgehead atoms. The van der Waals surface area contributed by atoms with Gasteiger partial charge in [-0.25, -0.2) is 0 Å². The fourth-order valence-corrected chi connectivity index (χ4v) is 0.568. The van der Waals surface area contributed by atoms with Crippen molar-refractivity contribution in [2.24, 2.45) is 5.92 Å². The van der Waals surface area contributed by atoms with Crippen LogP contribution in [0.25, 0.3) is 0 Å². The Kier molecular flexibility index (Phi) is 3.36. The minimum Gasteiger partial charge on any atom is -0.501 e. The number of hydrogen-bond donors (Lipinski definition) is 0. The lowest BCUT2D eigenvalue weighted by Crippen LogP contribution is -1.94. The summed E-state index contributed by atoms with van der Waals surface area (Å²) in [6.45, 7) is 8.43. The number of hydrogen-bond acceptors (Lipinski definition) is 1. The Bertz CT molecular complexity index is 112. The Hall–Kier alpha value is -0.460. The van der Waals surface area contributed by atoms with Crippen molar-refractivity contribution < 1.29 is 4.74 Å². The third-order valence-electron chi connectivity index (χ3n) is 1.73. The molecule has 0 amide bonds. The topological polar surface area (TPSA) is 9.23 Å². The van der Waals surface area contributed by atoms with Gasteiger partial charge >= 0.3 is 0 Å². The average molecular weight is 128 g/mol. The molecular weight excluding hydrogens is 112 g/mol. The van der Waals surface area contributed by atoms with Crippen LogP contribution in [0.15, 0.2) is 11.3 Å². The molecule has 0 fully saturated rings. The minimum atomic E-state index is 0.602. The molecule has 0 saturated carbocycles. The number of methoxy groups -OCH3 is 1. The van der Waals surface area contributed by atoms with Crippen LogP contribution < -0.4 is 0 Å². The van der Waals surface area contributed by atoms with Crippen molar-refractivity contribution in [1.29, 1.82) is 0 Å². The summed E-state index contributed by atoms with van der Waals surface area (Å²) in [4.78, 5) is 0. The molecule has 9 heavy (non-hydrogen) atoms. The second-order valence-corrected chi connectivity index (χ2v) is 2.60. The second kappa shape index (κ2) is 3.54. The van der Waals surface area contributed by atoms with Gasteiger partial charge in [0.1, 0.15) is 0 Å². The third-order valence-corrected chi connectivity index (χ3v) is 1.73. The lowest BCUT2D eigenvalue weighted by atomic mass is 10.0. The van der Waals surface area contributed by atoms with E-state index in [1.807, 2.05) is 6.92 Å². The summed E-state index contributed by atoms with van der Waals surface area (Å²) in [5.41, 5.74) is 1.33. The van der Waals surface area contributed by atoms with Crippen LogP contribution in [-0.2, 0) is 4.74 Å². The molecule has 54 valence electrons.